The molecule has 2 heterocycles. The highest BCUT2D eigenvalue weighted by Crippen LogP contribution is 2.63. The van der Waals surface area contributed by atoms with Gasteiger partial charge in [0.15, 0.2) is 0 Å². The van der Waals surface area contributed by atoms with E-state index < -0.39 is 0 Å². The topological polar surface area (TPSA) is 65.7 Å². The van der Waals surface area contributed by atoms with Gasteiger partial charge >= 0.3 is 11.9 Å². The van der Waals surface area contributed by atoms with Gasteiger partial charge in [-0.1, -0.05) is 32.1 Å². The van der Waals surface area contributed by atoms with E-state index in [0.29, 0.717) is 18.4 Å². The van der Waals surface area contributed by atoms with Crippen molar-refractivity contribution in [2.45, 2.75) is 39.2 Å². The number of fused-ring (bicyclic) bond motifs is 3. The Kier molecular flexibility index (Phi) is 3.86. The quantitative estimate of drug-likeness (QED) is 0.750. The molecule has 0 N–H and O–H groups in total. The van der Waals surface area contributed by atoms with Crippen LogP contribution < -0.4 is 0 Å². The third-order valence-corrected chi connectivity index (χ3v) is 6.82. The zero-order valence-corrected chi connectivity index (χ0v) is 15.4. The van der Waals surface area contributed by atoms with Crippen molar-refractivity contribution in [3.8, 4) is 0 Å². The molecule has 138 valence electrons. The SMILES string of the molecule is COC(=O)C1=CC=CC2C1(C)CCC1C(=O)OC(c3ccoc3)CC12C. The summed E-state index contributed by atoms with van der Waals surface area (Å²) in [6.07, 6.45) is 11.1. The van der Waals surface area contributed by atoms with Crippen LogP contribution in [0.3, 0.4) is 0 Å². The summed E-state index contributed by atoms with van der Waals surface area (Å²) in [6, 6.07) is 1.85. The van der Waals surface area contributed by atoms with Gasteiger partial charge in [-0.25, -0.2) is 4.79 Å². The van der Waals surface area contributed by atoms with Gasteiger partial charge in [0.25, 0.3) is 0 Å². The molecule has 3 aliphatic rings. The predicted molar refractivity (Wildman–Crippen MR) is 93.8 cm³/mol. The van der Waals surface area contributed by atoms with E-state index in [-0.39, 0.29) is 40.7 Å². The average Bonchev–Trinajstić information content (AvgIpc) is 3.14. The summed E-state index contributed by atoms with van der Waals surface area (Å²) in [5.74, 6) is -0.524. The lowest BCUT2D eigenvalue weighted by Gasteiger charge is -2.58. The van der Waals surface area contributed by atoms with Gasteiger partial charge in [0, 0.05) is 16.6 Å². The van der Waals surface area contributed by atoms with Crippen LogP contribution in [0.2, 0.25) is 0 Å². The highest BCUT2D eigenvalue weighted by Gasteiger charge is 2.60. The Hall–Kier alpha value is -2.30. The van der Waals surface area contributed by atoms with E-state index in [0.717, 1.165) is 12.0 Å². The summed E-state index contributed by atoms with van der Waals surface area (Å²) in [6.45, 7) is 4.29. The lowest BCUT2D eigenvalue weighted by Crippen LogP contribution is -2.55. The Bertz CT molecular complexity index is 789. The predicted octanol–water partition coefficient (Wildman–Crippen LogP) is 3.98. The van der Waals surface area contributed by atoms with E-state index in [9.17, 15) is 9.59 Å². The van der Waals surface area contributed by atoms with Gasteiger partial charge in [-0.2, -0.15) is 0 Å². The molecule has 5 atom stereocenters. The second-order valence-corrected chi connectivity index (χ2v) is 8.14. The molecule has 26 heavy (non-hydrogen) atoms. The fourth-order valence-corrected chi connectivity index (χ4v) is 5.44. The number of hydrogen-bond donors (Lipinski definition) is 0. The van der Waals surface area contributed by atoms with Crippen molar-refractivity contribution < 1.29 is 23.5 Å². The first-order valence-corrected chi connectivity index (χ1v) is 9.10. The Balaban J connectivity index is 1.74. The monoisotopic (exact) mass is 356 g/mol. The standard InChI is InChI=1S/C21H24O5/c1-20-9-7-15-19(23)26-16(13-8-10-25-12-13)11-21(15,2)17(20)6-4-5-14(20)18(22)24-3/h4-6,8,10,12,15-17H,7,9,11H2,1-3H3. The fourth-order valence-electron chi connectivity index (χ4n) is 5.44. The summed E-state index contributed by atoms with van der Waals surface area (Å²) in [5, 5.41) is 0. The average molecular weight is 356 g/mol. The molecule has 1 aliphatic heterocycles. The first kappa shape index (κ1) is 17.1. The van der Waals surface area contributed by atoms with Crippen LogP contribution in [0.15, 0.2) is 46.8 Å². The van der Waals surface area contributed by atoms with E-state index >= 15 is 0 Å². The summed E-state index contributed by atoms with van der Waals surface area (Å²) in [5.41, 5.74) is 0.944. The summed E-state index contributed by atoms with van der Waals surface area (Å²) < 4.78 is 16.0. The largest absolute Gasteiger partial charge is 0.472 e. The van der Waals surface area contributed by atoms with Gasteiger partial charge in [-0.3, -0.25) is 4.79 Å². The molecule has 5 nitrogen and oxygen atoms in total. The molecule has 5 heteroatoms. The van der Waals surface area contributed by atoms with Crippen molar-refractivity contribution in [2.24, 2.45) is 22.7 Å². The van der Waals surface area contributed by atoms with Crippen molar-refractivity contribution in [1.82, 2.24) is 0 Å². The lowest BCUT2D eigenvalue weighted by atomic mass is 9.47. The molecule has 2 aliphatic carbocycles. The molecule has 5 unspecified atom stereocenters. The molecule has 1 aromatic heterocycles. The van der Waals surface area contributed by atoms with Gasteiger partial charge in [0.05, 0.1) is 25.6 Å². The molecule has 4 rings (SSSR count). The zero-order valence-electron chi connectivity index (χ0n) is 15.4. The molecule has 1 aromatic rings. The lowest BCUT2D eigenvalue weighted by molar-refractivity contribution is -0.186. The fraction of sp³-hybridized carbons (Fsp3) is 0.524. The van der Waals surface area contributed by atoms with Crippen LogP contribution in [-0.4, -0.2) is 19.0 Å². The van der Waals surface area contributed by atoms with Crippen LogP contribution in [0.4, 0.5) is 0 Å². The van der Waals surface area contributed by atoms with Crippen LogP contribution in [0.1, 0.15) is 44.8 Å². The molecule has 0 radical (unpaired) electrons. The van der Waals surface area contributed by atoms with Gasteiger partial charge in [0.2, 0.25) is 0 Å². The van der Waals surface area contributed by atoms with E-state index in [4.69, 9.17) is 13.9 Å². The number of carbonyl (C=O) groups excluding carboxylic acids is 2. The van der Waals surface area contributed by atoms with Crippen LogP contribution >= 0.6 is 0 Å². The molecule has 0 aromatic carbocycles. The van der Waals surface area contributed by atoms with E-state index in [1.807, 2.05) is 18.2 Å². The number of hydrogen-bond acceptors (Lipinski definition) is 5. The molecule has 0 bridgehead atoms. The highest BCUT2D eigenvalue weighted by atomic mass is 16.5. The molecule has 0 spiro atoms. The van der Waals surface area contributed by atoms with Crippen molar-refractivity contribution >= 4 is 11.9 Å². The van der Waals surface area contributed by atoms with Gasteiger partial charge in [-0.15, -0.1) is 0 Å². The number of carbonyl (C=O) groups is 2. The first-order chi connectivity index (χ1) is 12.4. The van der Waals surface area contributed by atoms with Gasteiger partial charge in [-0.05, 0) is 36.7 Å². The zero-order chi connectivity index (χ0) is 18.5. The molecule has 2 fully saturated rings. The Morgan fingerprint density at radius 1 is 1.35 bits per heavy atom. The Labute approximate surface area is 153 Å². The number of esters is 2. The molecule has 1 saturated carbocycles. The van der Waals surface area contributed by atoms with Crippen molar-refractivity contribution in [3.63, 3.8) is 0 Å². The number of ether oxygens (including phenoxy) is 2. The highest BCUT2D eigenvalue weighted by molar-refractivity contribution is 5.91. The van der Waals surface area contributed by atoms with Crippen LogP contribution in [0.25, 0.3) is 0 Å². The first-order valence-electron chi connectivity index (χ1n) is 9.10. The molecule has 0 amide bonds. The summed E-state index contributed by atoms with van der Waals surface area (Å²) in [7, 11) is 1.42. The molecular weight excluding hydrogens is 332 g/mol. The van der Waals surface area contributed by atoms with Crippen molar-refractivity contribution in [2.75, 3.05) is 7.11 Å². The third kappa shape index (κ3) is 2.29. The van der Waals surface area contributed by atoms with Crippen LogP contribution in [0, 0.1) is 22.7 Å². The number of cyclic esters (lactones) is 1. The molecular formula is C21H24O5. The van der Waals surface area contributed by atoms with Crippen LogP contribution in [-0.2, 0) is 19.1 Å². The van der Waals surface area contributed by atoms with Gasteiger partial charge < -0.3 is 13.9 Å². The number of furan rings is 1. The Morgan fingerprint density at radius 2 is 2.15 bits per heavy atom. The second-order valence-electron chi connectivity index (χ2n) is 8.14. The Morgan fingerprint density at radius 3 is 2.85 bits per heavy atom. The maximum Gasteiger partial charge on any atom is 0.334 e. The minimum absolute atomic E-state index is 0.0649. The minimum Gasteiger partial charge on any atom is -0.472 e. The van der Waals surface area contributed by atoms with Gasteiger partial charge in [0.1, 0.15) is 6.10 Å². The smallest absolute Gasteiger partial charge is 0.334 e. The minimum atomic E-state index is -0.342. The summed E-state index contributed by atoms with van der Waals surface area (Å²) in [4.78, 5) is 25.2. The normalized spacial score (nSPS) is 38.7. The maximum absolute atomic E-state index is 12.8. The van der Waals surface area contributed by atoms with E-state index in [1.54, 1.807) is 12.5 Å². The van der Waals surface area contributed by atoms with E-state index in [1.165, 1.54) is 7.11 Å². The van der Waals surface area contributed by atoms with Crippen molar-refractivity contribution in [1.29, 1.82) is 0 Å². The number of rotatable bonds is 2. The summed E-state index contributed by atoms with van der Waals surface area (Å²) >= 11 is 0. The number of allylic oxidation sites excluding steroid dienone is 3. The van der Waals surface area contributed by atoms with E-state index in [2.05, 4.69) is 19.9 Å². The van der Waals surface area contributed by atoms with Crippen molar-refractivity contribution in [3.05, 3.63) is 48.0 Å². The van der Waals surface area contributed by atoms with Crippen LogP contribution in [0.5, 0.6) is 0 Å². The third-order valence-electron chi connectivity index (χ3n) is 6.82. The number of methoxy groups -OCH3 is 1. The maximum atomic E-state index is 12.8. The second kappa shape index (κ2) is 5.86. The molecule has 1 saturated heterocycles.